The molecule has 0 unspecified atom stereocenters. The third-order valence-electron chi connectivity index (χ3n) is 2.00. The number of methoxy groups -OCH3 is 1. The molecule has 0 saturated carbocycles. The fourth-order valence-electron chi connectivity index (χ4n) is 1.06. The third-order valence-corrected chi connectivity index (χ3v) is 2.00. The molecule has 0 bridgehead atoms. The number of rotatable bonds is 5. The van der Waals surface area contributed by atoms with Crippen molar-refractivity contribution in [2.75, 3.05) is 25.6 Å². The molecular weight excluding hydrogens is 224 g/mol. The second kappa shape index (κ2) is 6.72. The molecule has 0 saturated heterocycles. The highest BCUT2D eigenvalue weighted by Crippen LogP contribution is 2.15. The molecule has 1 aromatic rings. The Labute approximate surface area is 99.3 Å². The second-order valence-corrected chi connectivity index (χ2v) is 3.34. The lowest BCUT2D eigenvalue weighted by Gasteiger charge is -2.10. The molecule has 0 aliphatic rings. The number of carbonyl (C=O) groups excluding carboxylic acids is 1. The average molecular weight is 240 g/mol. The molecule has 6 nitrogen and oxygen atoms in total. The van der Waals surface area contributed by atoms with Gasteiger partial charge in [-0.05, 0) is 24.3 Å². The largest absolute Gasteiger partial charge is 0.491 e. The van der Waals surface area contributed by atoms with Gasteiger partial charge in [0.15, 0.2) is 0 Å². The van der Waals surface area contributed by atoms with Crippen molar-refractivity contribution in [3.05, 3.63) is 24.3 Å². The molecule has 0 radical (unpaired) electrons. The minimum absolute atomic E-state index is 0.139. The third kappa shape index (κ3) is 4.71. The van der Waals surface area contributed by atoms with Crippen LogP contribution in [-0.4, -0.2) is 37.6 Å². The van der Waals surface area contributed by atoms with Crippen LogP contribution in [0.5, 0.6) is 5.75 Å². The maximum Gasteiger partial charge on any atom is 0.411 e. The van der Waals surface area contributed by atoms with Crippen LogP contribution in [0.1, 0.15) is 0 Å². The van der Waals surface area contributed by atoms with Crippen LogP contribution in [0.25, 0.3) is 0 Å². The molecule has 17 heavy (non-hydrogen) atoms. The fourth-order valence-corrected chi connectivity index (χ4v) is 1.06. The molecule has 0 aliphatic carbocycles. The van der Waals surface area contributed by atoms with Gasteiger partial charge in [-0.3, -0.25) is 5.32 Å². The van der Waals surface area contributed by atoms with E-state index in [-0.39, 0.29) is 13.2 Å². The number of benzene rings is 1. The molecule has 0 aromatic heterocycles. The van der Waals surface area contributed by atoms with Crippen molar-refractivity contribution in [1.29, 1.82) is 0 Å². The molecule has 0 spiro atoms. The van der Waals surface area contributed by atoms with Crippen LogP contribution in [-0.2, 0) is 4.74 Å². The number of aliphatic hydroxyl groups is 1. The minimum Gasteiger partial charge on any atom is -0.491 e. The van der Waals surface area contributed by atoms with E-state index in [1.165, 1.54) is 7.11 Å². The molecule has 1 rings (SSSR count). The molecule has 4 N–H and O–H groups in total. The van der Waals surface area contributed by atoms with Crippen molar-refractivity contribution in [2.45, 2.75) is 6.10 Å². The van der Waals surface area contributed by atoms with Crippen molar-refractivity contribution in [2.24, 2.45) is 5.73 Å². The predicted octanol–water partition coefficient (Wildman–Crippen LogP) is 0.563. The van der Waals surface area contributed by atoms with Crippen LogP contribution in [0.4, 0.5) is 10.5 Å². The summed E-state index contributed by atoms with van der Waals surface area (Å²) in [7, 11) is 1.29. The Kier molecular flexibility index (Phi) is 5.25. The standard InChI is InChI=1S/C11H16N2O4/c1-16-11(15)13-8-2-4-10(5-3-8)17-7-9(14)6-12/h2-5,9,14H,6-7,12H2,1H3,(H,13,15)/t9-/m1/s1. The second-order valence-electron chi connectivity index (χ2n) is 3.34. The van der Waals surface area contributed by atoms with Crippen LogP contribution in [0, 0.1) is 0 Å². The summed E-state index contributed by atoms with van der Waals surface area (Å²) in [6.07, 6.45) is -1.21. The van der Waals surface area contributed by atoms with Crippen LogP contribution in [0.3, 0.4) is 0 Å². The monoisotopic (exact) mass is 240 g/mol. The molecule has 0 fully saturated rings. The lowest BCUT2D eigenvalue weighted by Crippen LogP contribution is -2.26. The van der Waals surface area contributed by atoms with Gasteiger partial charge in [-0.25, -0.2) is 4.79 Å². The summed E-state index contributed by atoms with van der Waals surface area (Å²) >= 11 is 0. The average Bonchev–Trinajstić information content (AvgIpc) is 2.37. The Morgan fingerprint density at radius 3 is 2.65 bits per heavy atom. The summed E-state index contributed by atoms with van der Waals surface area (Å²) in [5.41, 5.74) is 5.84. The zero-order valence-corrected chi connectivity index (χ0v) is 9.55. The fraction of sp³-hybridized carbons (Fsp3) is 0.364. The quantitative estimate of drug-likeness (QED) is 0.699. The molecule has 1 amide bonds. The van der Waals surface area contributed by atoms with Gasteiger partial charge in [0.05, 0.1) is 7.11 Å². The number of hydrogen-bond acceptors (Lipinski definition) is 5. The first-order valence-electron chi connectivity index (χ1n) is 5.11. The van der Waals surface area contributed by atoms with E-state index in [0.717, 1.165) is 0 Å². The van der Waals surface area contributed by atoms with Crippen molar-refractivity contribution in [1.82, 2.24) is 0 Å². The number of anilines is 1. The number of hydrogen-bond donors (Lipinski definition) is 3. The normalized spacial score (nSPS) is 11.7. The number of ether oxygens (including phenoxy) is 2. The van der Waals surface area contributed by atoms with Crippen LogP contribution < -0.4 is 15.8 Å². The van der Waals surface area contributed by atoms with Crippen molar-refractivity contribution >= 4 is 11.8 Å². The lowest BCUT2D eigenvalue weighted by molar-refractivity contribution is 0.114. The van der Waals surface area contributed by atoms with E-state index >= 15 is 0 Å². The summed E-state index contributed by atoms with van der Waals surface area (Å²) < 4.78 is 9.72. The first-order valence-corrected chi connectivity index (χ1v) is 5.11. The summed E-state index contributed by atoms with van der Waals surface area (Å²) in [6.45, 7) is 0.294. The zero-order chi connectivity index (χ0) is 12.7. The van der Waals surface area contributed by atoms with Gasteiger partial charge < -0.3 is 20.3 Å². The predicted molar refractivity (Wildman–Crippen MR) is 63.0 cm³/mol. The number of nitrogens with one attached hydrogen (secondary N) is 1. The Morgan fingerprint density at radius 1 is 1.47 bits per heavy atom. The lowest BCUT2D eigenvalue weighted by atomic mass is 10.3. The van der Waals surface area contributed by atoms with E-state index in [4.69, 9.17) is 10.5 Å². The van der Waals surface area contributed by atoms with E-state index in [0.29, 0.717) is 11.4 Å². The highest BCUT2D eigenvalue weighted by atomic mass is 16.5. The van der Waals surface area contributed by atoms with E-state index in [2.05, 4.69) is 10.1 Å². The first-order chi connectivity index (χ1) is 8.15. The van der Waals surface area contributed by atoms with Crippen LogP contribution in [0.15, 0.2) is 24.3 Å². The Hall–Kier alpha value is -1.79. The molecular formula is C11H16N2O4. The van der Waals surface area contributed by atoms with Gasteiger partial charge in [0.2, 0.25) is 0 Å². The van der Waals surface area contributed by atoms with Gasteiger partial charge in [-0.2, -0.15) is 0 Å². The van der Waals surface area contributed by atoms with Crippen molar-refractivity contribution in [3.8, 4) is 5.75 Å². The number of aliphatic hydroxyl groups excluding tert-OH is 1. The zero-order valence-electron chi connectivity index (χ0n) is 9.55. The van der Waals surface area contributed by atoms with Gasteiger partial charge >= 0.3 is 6.09 Å². The summed E-state index contributed by atoms with van der Waals surface area (Å²) in [5.74, 6) is 0.591. The van der Waals surface area contributed by atoms with Gasteiger partial charge in [-0.1, -0.05) is 0 Å². The van der Waals surface area contributed by atoms with E-state index < -0.39 is 12.2 Å². The smallest absolute Gasteiger partial charge is 0.411 e. The molecule has 1 atom stereocenters. The van der Waals surface area contributed by atoms with Gasteiger partial charge in [0, 0.05) is 12.2 Å². The Bertz CT molecular complexity index is 353. The van der Waals surface area contributed by atoms with Gasteiger partial charge in [0.1, 0.15) is 18.5 Å². The number of carbonyl (C=O) groups is 1. The molecule has 0 aliphatic heterocycles. The molecule has 1 aromatic carbocycles. The molecule has 6 heteroatoms. The Balaban J connectivity index is 2.47. The van der Waals surface area contributed by atoms with Gasteiger partial charge in [-0.15, -0.1) is 0 Å². The van der Waals surface area contributed by atoms with Crippen LogP contribution >= 0.6 is 0 Å². The summed E-state index contributed by atoms with van der Waals surface area (Å²) in [6, 6.07) is 6.69. The number of nitrogens with two attached hydrogens (primary N) is 1. The van der Waals surface area contributed by atoms with Gasteiger partial charge in [0.25, 0.3) is 0 Å². The van der Waals surface area contributed by atoms with E-state index in [1.807, 2.05) is 0 Å². The molecule has 0 heterocycles. The maximum atomic E-state index is 10.9. The maximum absolute atomic E-state index is 10.9. The topological polar surface area (TPSA) is 93.8 Å². The van der Waals surface area contributed by atoms with Crippen molar-refractivity contribution < 1.29 is 19.4 Å². The summed E-state index contributed by atoms with van der Waals surface area (Å²) in [4.78, 5) is 10.9. The van der Waals surface area contributed by atoms with E-state index in [9.17, 15) is 9.90 Å². The first kappa shape index (κ1) is 13.3. The van der Waals surface area contributed by atoms with Crippen LogP contribution in [0.2, 0.25) is 0 Å². The minimum atomic E-state index is -0.678. The Morgan fingerprint density at radius 2 is 2.12 bits per heavy atom. The highest BCUT2D eigenvalue weighted by Gasteiger charge is 2.03. The SMILES string of the molecule is COC(=O)Nc1ccc(OC[C@H](O)CN)cc1. The molecule has 94 valence electrons. The highest BCUT2D eigenvalue weighted by molar-refractivity contribution is 5.84. The number of amides is 1. The van der Waals surface area contributed by atoms with Crippen molar-refractivity contribution in [3.63, 3.8) is 0 Å². The van der Waals surface area contributed by atoms with E-state index in [1.54, 1.807) is 24.3 Å². The summed E-state index contributed by atoms with van der Waals surface area (Å²) in [5, 5.41) is 11.7.